The number of methoxy groups -OCH3 is 1. The fourth-order valence-corrected chi connectivity index (χ4v) is 4.77. The number of amides is 1. The van der Waals surface area contributed by atoms with Crippen molar-refractivity contribution in [3.05, 3.63) is 60.2 Å². The Balaban J connectivity index is 1.48. The molecule has 0 radical (unpaired) electrons. The van der Waals surface area contributed by atoms with E-state index in [1.165, 1.54) is 18.5 Å². The molecule has 35 heavy (non-hydrogen) atoms. The van der Waals surface area contributed by atoms with Gasteiger partial charge < -0.3 is 19.9 Å². The second-order valence-corrected chi connectivity index (χ2v) is 9.34. The number of rotatable bonds is 10. The van der Waals surface area contributed by atoms with Crippen molar-refractivity contribution >= 4 is 28.3 Å². The number of hydrogen-bond acceptors (Lipinski definition) is 5. The summed E-state index contributed by atoms with van der Waals surface area (Å²) in [5.74, 6) is 2.27. The van der Waals surface area contributed by atoms with E-state index in [9.17, 15) is 4.79 Å². The maximum absolute atomic E-state index is 13.3. The molecule has 0 saturated carbocycles. The number of unbranched alkanes of at least 4 members (excludes halogenated alkanes) is 1. The average molecular weight is 475 g/mol. The number of carbonyl (C=O) groups excluding carboxylic acids is 1. The van der Waals surface area contributed by atoms with Crippen molar-refractivity contribution in [3.8, 4) is 5.75 Å². The molecule has 1 fully saturated rings. The van der Waals surface area contributed by atoms with Crippen LogP contribution in [0.3, 0.4) is 0 Å². The highest BCUT2D eigenvalue weighted by Gasteiger charge is 2.21. The number of ether oxygens (including phenoxy) is 1. The molecule has 6 heteroatoms. The molecule has 186 valence electrons. The van der Waals surface area contributed by atoms with Crippen LogP contribution in [0.2, 0.25) is 0 Å². The summed E-state index contributed by atoms with van der Waals surface area (Å²) in [6.07, 6.45) is 4.64. The molecule has 1 N–H and O–H groups in total. The molecule has 0 aliphatic carbocycles. The van der Waals surface area contributed by atoms with Gasteiger partial charge in [0, 0.05) is 43.8 Å². The van der Waals surface area contributed by atoms with E-state index in [-0.39, 0.29) is 5.91 Å². The van der Waals surface area contributed by atoms with Gasteiger partial charge in [-0.25, -0.2) is 4.98 Å². The number of benzene rings is 2. The van der Waals surface area contributed by atoms with Gasteiger partial charge in [-0.1, -0.05) is 51.3 Å². The van der Waals surface area contributed by atoms with Gasteiger partial charge in [0.1, 0.15) is 11.6 Å². The number of fused-ring (bicyclic) bond motifs is 1. The van der Waals surface area contributed by atoms with Crippen LogP contribution in [0, 0.1) is 5.92 Å². The van der Waals surface area contributed by atoms with Gasteiger partial charge in [0.05, 0.1) is 18.2 Å². The Kier molecular flexibility index (Phi) is 8.45. The van der Waals surface area contributed by atoms with Gasteiger partial charge in [-0.05, 0) is 48.7 Å². The zero-order chi connectivity index (χ0) is 24.6. The van der Waals surface area contributed by atoms with E-state index in [2.05, 4.69) is 41.1 Å². The molecule has 0 spiro atoms. The molecule has 1 aliphatic heterocycles. The lowest BCUT2D eigenvalue weighted by Crippen LogP contribution is -2.47. The molecule has 1 amide bonds. The Morgan fingerprint density at radius 3 is 2.43 bits per heavy atom. The predicted octanol–water partition coefficient (Wildman–Crippen LogP) is 5.52. The summed E-state index contributed by atoms with van der Waals surface area (Å²) in [5.41, 5.74) is 2.78. The summed E-state index contributed by atoms with van der Waals surface area (Å²) >= 11 is 0. The van der Waals surface area contributed by atoms with Gasteiger partial charge in [-0.3, -0.25) is 4.79 Å². The van der Waals surface area contributed by atoms with Gasteiger partial charge in [0.15, 0.2) is 0 Å². The summed E-state index contributed by atoms with van der Waals surface area (Å²) in [6.45, 7) is 8.66. The first-order valence-corrected chi connectivity index (χ1v) is 12.9. The van der Waals surface area contributed by atoms with Gasteiger partial charge in [0.2, 0.25) is 0 Å². The van der Waals surface area contributed by atoms with E-state index in [0.717, 1.165) is 68.0 Å². The number of nitrogens with zero attached hydrogens (tertiary/aromatic N) is 3. The molecule has 1 saturated heterocycles. The van der Waals surface area contributed by atoms with E-state index >= 15 is 0 Å². The molecule has 4 rings (SSSR count). The van der Waals surface area contributed by atoms with Crippen molar-refractivity contribution in [2.75, 3.05) is 49.6 Å². The fourth-order valence-electron chi connectivity index (χ4n) is 4.77. The van der Waals surface area contributed by atoms with Crippen molar-refractivity contribution in [2.24, 2.45) is 5.92 Å². The van der Waals surface area contributed by atoms with E-state index in [1.54, 1.807) is 7.11 Å². The summed E-state index contributed by atoms with van der Waals surface area (Å²) in [7, 11) is 1.69. The lowest BCUT2D eigenvalue weighted by Gasteiger charge is -2.37. The number of carbonyl (C=O) groups is 1. The Labute approximate surface area is 209 Å². The first kappa shape index (κ1) is 24.8. The third-order valence-corrected chi connectivity index (χ3v) is 7.08. The lowest BCUT2D eigenvalue weighted by atomic mass is 9.99. The topological polar surface area (TPSA) is 57.7 Å². The van der Waals surface area contributed by atoms with Gasteiger partial charge in [-0.2, -0.15) is 0 Å². The molecule has 1 aliphatic rings. The molecule has 6 nitrogen and oxygen atoms in total. The highest BCUT2D eigenvalue weighted by atomic mass is 16.5. The summed E-state index contributed by atoms with van der Waals surface area (Å²) in [4.78, 5) is 22.9. The van der Waals surface area contributed by atoms with Crippen LogP contribution < -0.4 is 19.9 Å². The van der Waals surface area contributed by atoms with Crippen LogP contribution in [-0.2, 0) is 0 Å². The van der Waals surface area contributed by atoms with E-state index in [0.29, 0.717) is 11.5 Å². The smallest absolute Gasteiger partial charge is 0.252 e. The van der Waals surface area contributed by atoms with E-state index in [1.807, 2.05) is 42.5 Å². The highest BCUT2D eigenvalue weighted by molar-refractivity contribution is 6.07. The van der Waals surface area contributed by atoms with Gasteiger partial charge >= 0.3 is 0 Å². The normalized spacial score (nSPS) is 14.7. The third-order valence-electron chi connectivity index (χ3n) is 7.08. The van der Waals surface area contributed by atoms with E-state index in [4.69, 9.17) is 9.72 Å². The summed E-state index contributed by atoms with van der Waals surface area (Å²) in [6, 6.07) is 18.2. The van der Waals surface area contributed by atoms with Crippen LogP contribution in [-0.4, -0.2) is 50.7 Å². The Hall–Kier alpha value is -3.28. The molecule has 3 aromatic rings. The minimum atomic E-state index is -0.00309. The minimum absolute atomic E-state index is 0.00309. The number of nitrogens with one attached hydrogen (secondary N) is 1. The number of pyridine rings is 1. The number of para-hydroxylation sites is 1. The van der Waals surface area contributed by atoms with Crippen LogP contribution in [0.4, 0.5) is 11.5 Å². The van der Waals surface area contributed by atoms with Crippen LogP contribution in [0.15, 0.2) is 54.6 Å². The zero-order valence-corrected chi connectivity index (χ0v) is 21.3. The standard InChI is InChI=1S/C29H38N4O2/c1-4-6-9-22(5-2)21-30-29(34)26-20-28(31-27-11-8-7-10-25(26)27)33-18-16-32(17-19-33)23-12-14-24(35-3)15-13-23/h7-8,10-15,20,22H,4-6,9,16-19,21H2,1-3H3,(H,30,34). The second-order valence-electron chi connectivity index (χ2n) is 9.34. The Morgan fingerprint density at radius 2 is 1.74 bits per heavy atom. The number of anilines is 2. The van der Waals surface area contributed by atoms with Crippen LogP contribution >= 0.6 is 0 Å². The highest BCUT2D eigenvalue weighted by Crippen LogP contribution is 2.26. The first-order valence-electron chi connectivity index (χ1n) is 12.9. The summed E-state index contributed by atoms with van der Waals surface area (Å²) < 4.78 is 5.28. The molecular weight excluding hydrogens is 436 g/mol. The molecule has 2 aromatic carbocycles. The Bertz CT molecular complexity index is 1110. The summed E-state index contributed by atoms with van der Waals surface area (Å²) in [5, 5.41) is 4.12. The van der Waals surface area contributed by atoms with Crippen molar-refractivity contribution in [1.82, 2.24) is 10.3 Å². The van der Waals surface area contributed by atoms with E-state index < -0.39 is 0 Å². The predicted molar refractivity (Wildman–Crippen MR) is 145 cm³/mol. The molecule has 1 unspecified atom stereocenters. The SMILES string of the molecule is CCCCC(CC)CNC(=O)c1cc(N2CCN(c3ccc(OC)cc3)CC2)nc2ccccc12. The maximum atomic E-state index is 13.3. The van der Waals surface area contributed by atoms with Crippen LogP contribution in [0.1, 0.15) is 49.9 Å². The number of hydrogen-bond donors (Lipinski definition) is 1. The molecular formula is C29H38N4O2. The monoisotopic (exact) mass is 474 g/mol. The third kappa shape index (κ3) is 6.05. The quantitative estimate of drug-likeness (QED) is 0.420. The second kappa shape index (κ2) is 11.9. The number of aromatic nitrogens is 1. The maximum Gasteiger partial charge on any atom is 0.252 e. The molecule has 1 aromatic heterocycles. The molecule has 0 bridgehead atoms. The van der Waals surface area contributed by atoms with Gasteiger partial charge in [-0.15, -0.1) is 0 Å². The lowest BCUT2D eigenvalue weighted by molar-refractivity contribution is 0.0947. The van der Waals surface area contributed by atoms with Gasteiger partial charge in [0.25, 0.3) is 5.91 Å². The van der Waals surface area contributed by atoms with Crippen molar-refractivity contribution in [2.45, 2.75) is 39.5 Å². The Morgan fingerprint density at radius 1 is 1.03 bits per heavy atom. The minimum Gasteiger partial charge on any atom is -0.497 e. The molecule has 1 atom stereocenters. The largest absolute Gasteiger partial charge is 0.497 e. The van der Waals surface area contributed by atoms with Crippen LogP contribution in [0.25, 0.3) is 10.9 Å². The fraction of sp³-hybridized carbons (Fsp3) is 0.448. The zero-order valence-electron chi connectivity index (χ0n) is 21.3. The van der Waals surface area contributed by atoms with Crippen molar-refractivity contribution in [3.63, 3.8) is 0 Å². The van der Waals surface area contributed by atoms with Crippen molar-refractivity contribution in [1.29, 1.82) is 0 Å². The van der Waals surface area contributed by atoms with Crippen LogP contribution in [0.5, 0.6) is 5.75 Å². The first-order chi connectivity index (χ1) is 17.1. The number of piperazine rings is 1. The molecule has 2 heterocycles. The average Bonchev–Trinajstić information content (AvgIpc) is 2.92. The van der Waals surface area contributed by atoms with Crippen molar-refractivity contribution < 1.29 is 9.53 Å².